The third-order valence-electron chi connectivity index (χ3n) is 4.99. The molecular weight excluding hydrogens is 440 g/mol. The smallest absolute Gasteiger partial charge is 0.335 e. The molecule has 1 aliphatic rings. The van der Waals surface area contributed by atoms with Gasteiger partial charge in [-0.25, -0.2) is 14.5 Å². The number of carboxylic acid groups (broad SMARTS) is 1. The Labute approximate surface area is 193 Å². The van der Waals surface area contributed by atoms with Crippen LogP contribution in [0.25, 0.3) is 6.08 Å². The quantitative estimate of drug-likeness (QED) is 0.381. The van der Waals surface area contributed by atoms with E-state index in [4.69, 9.17) is 9.84 Å². The molecule has 1 saturated heterocycles. The van der Waals surface area contributed by atoms with Gasteiger partial charge < -0.3 is 14.9 Å². The Bertz CT molecular complexity index is 1310. The second-order valence-corrected chi connectivity index (χ2v) is 7.34. The number of imide groups is 2. The molecule has 3 aromatic rings. The summed E-state index contributed by atoms with van der Waals surface area (Å²) in [6, 6.07) is 17.5. The lowest BCUT2D eigenvalue weighted by molar-refractivity contribution is -0.122. The number of aromatic carboxylic acids is 1. The predicted molar refractivity (Wildman–Crippen MR) is 121 cm³/mol. The number of hydrogen-bond donors (Lipinski definition) is 3. The first-order valence-electron chi connectivity index (χ1n) is 10.1. The molecule has 4 amide bonds. The lowest BCUT2D eigenvalue weighted by Gasteiger charge is -2.26. The number of phenols is 1. The van der Waals surface area contributed by atoms with Crippen LogP contribution < -0.4 is 15.0 Å². The molecule has 0 atom stereocenters. The Kier molecular flexibility index (Phi) is 6.09. The average Bonchev–Trinajstić information content (AvgIpc) is 2.82. The van der Waals surface area contributed by atoms with E-state index in [0.29, 0.717) is 11.3 Å². The Hall–Kier alpha value is -4.92. The van der Waals surface area contributed by atoms with E-state index in [1.54, 1.807) is 36.4 Å². The molecule has 34 heavy (non-hydrogen) atoms. The van der Waals surface area contributed by atoms with Crippen LogP contribution in [0.1, 0.15) is 21.5 Å². The number of urea groups is 1. The van der Waals surface area contributed by atoms with Crippen molar-refractivity contribution in [2.45, 2.75) is 6.61 Å². The van der Waals surface area contributed by atoms with Crippen molar-refractivity contribution >= 4 is 35.6 Å². The van der Waals surface area contributed by atoms with Gasteiger partial charge in [0, 0.05) is 0 Å². The molecule has 0 aromatic heterocycles. The van der Waals surface area contributed by atoms with Crippen LogP contribution in [0.4, 0.5) is 10.5 Å². The number of rotatable bonds is 6. The van der Waals surface area contributed by atoms with Crippen LogP contribution in [0.5, 0.6) is 11.5 Å². The number of carboxylic acids is 1. The third-order valence-corrected chi connectivity index (χ3v) is 4.99. The summed E-state index contributed by atoms with van der Waals surface area (Å²) < 4.78 is 5.74. The largest absolute Gasteiger partial charge is 0.508 e. The van der Waals surface area contributed by atoms with Crippen LogP contribution in [0, 0.1) is 0 Å². The van der Waals surface area contributed by atoms with Crippen molar-refractivity contribution in [2.24, 2.45) is 0 Å². The molecule has 170 valence electrons. The van der Waals surface area contributed by atoms with Crippen LogP contribution in [-0.2, 0) is 16.2 Å². The van der Waals surface area contributed by atoms with Crippen molar-refractivity contribution in [3.05, 3.63) is 95.1 Å². The first-order chi connectivity index (χ1) is 16.3. The van der Waals surface area contributed by atoms with Crippen LogP contribution in [0.15, 0.2) is 78.4 Å². The number of phenolic OH excluding ortho intramolecular Hbond substituents is 1. The number of barbiturate groups is 1. The summed E-state index contributed by atoms with van der Waals surface area (Å²) in [5, 5.41) is 20.6. The monoisotopic (exact) mass is 458 g/mol. The van der Waals surface area contributed by atoms with Crippen molar-refractivity contribution in [3.8, 4) is 11.5 Å². The lowest BCUT2D eigenvalue weighted by atomic mass is 10.1. The van der Waals surface area contributed by atoms with Crippen LogP contribution in [0.3, 0.4) is 0 Å². The van der Waals surface area contributed by atoms with E-state index >= 15 is 0 Å². The Morgan fingerprint density at radius 1 is 0.971 bits per heavy atom. The molecule has 1 heterocycles. The molecule has 0 saturated carbocycles. The minimum absolute atomic E-state index is 0.0323. The van der Waals surface area contributed by atoms with Gasteiger partial charge in [-0.05, 0) is 65.7 Å². The van der Waals surface area contributed by atoms with Gasteiger partial charge in [-0.3, -0.25) is 14.9 Å². The Morgan fingerprint density at radius 2 is 1.68 bits per heavy atom. The number of amides is 4. The summed E-state index contributed by atoms with van der Waals surface area (Å²) in [5.74, 6) is -2.21. The predicted octanol–water partition coefficient (Wildman–Crippen LogP) is 3.34. The van der Waals surface area contributed by atoms with Crippen LogP contribution in [-0.4, -0.2) is 34.0 Å². The number of aromatic hydroxyl groups is 1. The highest BCUT2D eigenvalue weighted by Crippen LogP contribution is 2.25. The third kappa shape index (κ3) is 4.78. The fourth-order valence-electron chi connectivity index (χ4n) is 3.26. The lowest BCUT2D eigenvalue weighted by Crippen LogP contribution is -2.54. The van der Waals surface area contributed by atoms with E-state index in [1.165, 1.54) is 42.5 Å². The number of ether oxygens (including phenoxy) is 1. The van der Waals surface area contributed by atoms with Gasteiger partial charge in [-0.2, -0.15) is 0 Å². The van der Waals surface area contributed by atoms with Gasteiger partial charge in [0.15, 0.2) is 0 Å². The summed E-state index contributed by atoms with van der Waals surface area (Å²) in [4.78, 5) is 49.3. The zero-order valence-electron chi connectivity index (χ0n) is 17.6. The summed E-state index contributed by atoms with van der Waals surface area (Å²) in [7, 11) is 0. The minimum Gasteiger partial charge on any atom is -0.508 e. The van der Waals surface area contributed by atoms with Gasteiger partial charge in [-0.15, -0.1) is 0 Å². The molecule has 0 unspecified atom stereocenters. The molecule has 0 aliphatic carbocycles. The van der Waals surface area contributed by atoms with E-state index in [1.807, 2.05) is 0 Å². The minimum atomic E-state index is -1.01. The van der Waals surface area contributed by atoms with Crippen molar-refractivity contribution in [2.75, 3.05) is 4.90 Å². The summed E-state index contributed by atoms with van der Waals surface area (Å²) in [6.07, 6.45) is 1.35. The number of carbonyl (C=O) groups excluding carboxylic acids is 3. The molecule has 3 N–H and O–H groups in total. The highest BCUT2D eigenvalue weighted by molar-refractivity contribution is 6.39. The maximum Gasteiger partial charge on any atom is 0.335 e. The Balaban J connectivity index is 1.53. The maximum absolute atomic E-state index is 12.9. The van der Waals surface area contributed by atoms with E-state index in [2.05, 4.69) is 5.32 Å². The number of benzene rings is 3. The van der Waals surface area contributed by atoms with Gasteiger partial charge in [-0.1, -0.05) is 24.3 Å². The summed E-state index contributed by atoms with van der Waals surface area (Å²) >= 11 is 0. The van der Waals surface area contributed by atoms with Gasteiger partial charge in [0.25, 0.3) is 11.8 Å². The highest BCUT2D eigenvalue weighted by atomic mass is 16.5. The number of hydrogen-bond acceptors (Lipinski definition) is 6. The second-order valence-electron chi connectivity index (χ2n) is 7.34. The van der Waals surface area contributed by atoms with E-state index in [9.17, 15) is 24.3 Å². The van der Waals surface area contributed by atoms with Crippen molar-refractivity contribution in [1.82, 2.24) is 5.32 Å². The van der Waals surface area contributed by atoms with Crippen molar-refractivity contribution in [1.29, 1.82) is 0 Å². The number of carbonyl (C=O) groups is 4. The summed E-state index contributed by atoms with van der Waals surface area (Å²) in [5.41, 5.74) is 1.39. The zero-order chi connectivity index (χ0) is 24.2. The zero-order valence-corrected chi connectivity index (χ0v) is 17.6. The molecule has 4 rings (SSSR count). The topological polar surface area (TPSA) is 133 Å². The fourth-order valence-corrected chi connectivity index (χ4v) is 3.26. The first kappa shape index (κ1) is 22.3. The molecular formula is C25H18N2O7. The average molecular weight is 458 g/mol. The van der Waals surface area contributed by atoms with Crippen molar-refractivity contribution in [3.63, 3.8) is 0 Å². The first-order valence-corrected chi connectivity index (χ1v) is 10.1. The van der Waals surface area contributed by atoms with E-state index < -0.39 is 23.8 Å². The molecule has 3 aromatic carbocycles. The number of nitrogens with one attached hydrogen (secondary N) is 1. The molecule has 1 aliphatic heterocycles. The molecule has 0 radical (unpaired) electrons. The number of anilines is 1. The van der Waals surface area contributed by atoms with Gasteiger partial charge in [0.2, 0.25) is 0 Å². The molecule has 9 nitrogen and oxygen atoms in total. The van der Waals surface area contributed by atoms with Gasteiger partial charge >= 0.3 is 12.0 Å². The molecule has 9 heteroatoms. The Morgan fingerprint density at radius 3 is 2.35 bits per heavy atom. The van der Waals surface area contributed by atoms with Gasteiger partial charge in [0.05, 0.1) is 11.3 Å². The van der Waals surface area contributed by atoms with E-state index in [-0.39, 0.29) is 29.2 Å². The van der Waals surface area contributed by atoms with Crippen molar-refractivity contribution < 1.29 is 34.1 Å². The SMILES string of the molecule is O=C1NC(=O)N(c2ccc(O)cc2)C(=O)/C1=C\c1cccc(OCc2ccc(C(=O)O)cc2)c1. The van der Waals surface area contributed by atoms with Gasteiger partial charge in [0.1, 0.15) is 23.7 Å². The standard InChI is InChI=1S/C25H18N2O7/c28-19-10-8-18(9-11-19)27-23(30)21(22(29)26-25(27)33)13-16-2-1-3-20(12-16)34-14-15-4-6-17(7-5-15)24(31)32/h1-13,28H,14H2,(H,31,32)(H,26,29,33)/b21-13-. The van der Waals surface area contributed by atoms with E-state index in [0.717, 1.165) is 10.5 Å². The maximum atomic E-state index is 12.9. The number of nitrogens with zero attached hydrogens (tertiary/aromatic N) is 1. The molecule has 0 spiro atoms. The normalized spacial score (nSPS) is 14.8. The molecule has 0 bridgehead atoms. The summed E-state index contributed by atoms with van der Waals surface area (Å²) in [6.45, 7) is 0.183. The molecule has 1 fully saturated rings. The fraction of sp³-hybridized carbons (Fsp3) is 0.0400. The van der Waals surface area contributed by atoms with Crippen LogP contribution >= 0.6 is 0 Å². The second kappa shape index (κ2) is 9.29. The van der Waals surface area contributed by atoms with Crippen LogP contribution in [0.2, 0.25) is 0 Å². The highest BCUT2D eigenvalue weighted by Gasteiger charge is 2.36.